The highest BCUT2D eigenvalue weighted by atomic mass is 16.5. The van der Waals surface area contributed by atoms with Crippen LogP contribution in [0, 0.1) is 0 Å². The number of rotatable bonds is 5. The number of aromatic nitrogens is 1. The van der Waals surface area contributed by atoms with Crippen LogP contribution in [0.4, 0.5) is 0 Å². The molecule has 0 amide bonds. The maximum absolute atomic E-state index is 12.1. The second-order valence-corrected chi connectivity index (χ2v) is 11.3. The zero-order valence-electron chi connectivity index (χ0n) is 22.5. The quantitative estimate of drug-likeness (QED) is 0.263. The van der Waals surface area contributed by atoms with Crippen LogP contribution in [0.2, 0.25) is 0 Å². The summed E-state index contributed by atoms with van der Waals surface area (Å²) in [6.45, 7) is 11.6. The van der Waals surface area contributed by atoms with Gasteiger partial charge in [-0.15, -0.1) is 0 Å². The highest BCUT2D eigenvalue weighted by molar-refractivity contribution is 5.90. The Morgan fingerprint density at radius 2 is 1.46 bits per heavy atom. The lowest BCUT2D eigenvalue weighted by atomic mass is 9.63. The number of ether oxygens (including phenoxy) is 1. The largest absolute Gasteiger partial charge is 0.462 e. The van der Waals surface area contributed by atoms with Gasteiger partial charge in [0.2, 0.25) is 0 Å². The van der Waals surface area contributed by atoms with Crippen LogP contribution in [-0.2, 0) is 15.6 Å². The van der Waals surface area contributed by atoms with Crippen LogP contribution >= 0.6 is 0 Å². The fraction of sp³-hybridized carbons (Fsp3) is 0.294. The van der Waals surface area contributed by atoms with Gasteiger partial charge in [0.15, 0.2) is 0 Å². The van der Waals surface area contributed by atoms with Crippen LogP contribution in [0.25, 0.3) is 33.5 Å². The Morgan fingerprint density at radius 3 is 2.14 bits per heavy atom. The molecule has 0 radical (unpaired) electrons. The monoisotopic (exact) mass is 489 g/mol. The average molecular weight is 490 g/mol. The van der Waals surface area contributed by atoms with Gasteiger partial charge in [-0.2, -0.15) is 0 Å². The van der Waals surface area contributed by atoms with Gasteiger partial charge in [-0.25, -0.2) is 4.79 Å². The van der Waals surface area contributed by atoms with E-state index >= 15 is 0 Å². The van der Waals surface area contributed by atoms with Crippen molar-refractivity contribution >= 4 is 5.97 Å². The fourth-order valence-corrected chi connectivity index (χ4v) is 5.47. The van der Waals surface area contributed by atoms with Gasteiger partial charge in [0, 0.05) is 11.8 Å². The molecule has 5 rings (SSSR count). The molecule has 0 saturated heterocycles. The van der Waals surface area contributed by atoms with E-state index in [9.17, 15) is 4.79 Å². The molecule has 0 bridgehead atoms. The average Bonchev–Trinajstić information content (AvgIpc) is 2.91. The molecule has 3 heteroatoms. The van der Waals surface area contributed by atoms with E-state index in [1.54, 1.807) is 19.2 Å². The Balaban J connectivity index is 1.64. The molecular formula is C34H35NO2. The summed E-state index contributed by atoms with van der Waals surface area (Å²) >= 11 is 0. The topological polar surface area (TPSA) is 39.2 Å². The third-order valence-corrected chi connectivity index (χ3v) is 7.84. The van der Waals surface area contributed by atoms with Crippen molar-refractivity contribution in [2.75, 3.05) is 6.61 Å². The van der Waals surface area contributed by atoms with E-state index < -0.39 is 0 Å². The lowest BCUT2D eigenvalue weighted by molar-refractivity contribution is 0.0526. The van der Waals surface area contributed by atoms with Crippen LogP contribution in [0.15, 0.2) is 85.1 Å². The SMILES string of the molecule is CCOC(=O)c1ccc(-c2ccc(-c3ccccc3)c(-c3ccc4c(c3)C(C)(C)CCC4(C)C)c2)nc1. The minimum atomic E-state index is -0.346. The van der Waals surface area contributed by atoms with Crippen LogP contribution in [0.3, 0.4) is 0 Å². The molecule has 0 saturated carbocycles. The summed E-state index contributed by atoms with van der Waals surface area (Å²) in [6, 6.07) is 27.8. The van der Waals surface area contributed by atoms with E-state index in [-0.39, 0.29) is 16.8 Å². The number of fused-ring (bicyclic) bond motifs is 1. The molecule has 188 valence electrons. The second kappa shape index (κ2) is 9.63. The molecule has 3 nitrogen and oxygen atoms in total. The fourth-order valence-electron chi connectivity index (χ4n) is 5.47. The molecule has 0 aliphatic heterocycles. The normalized spacial score (nSPS) is 15.6. The van der Waals surface area contributed by atoms with Crippen molar-refractivity contribution in [2.24, 2.45) is 0 Å². The lowest BCUT2D eigenvalue weighted by Crippen LogP contribution is -2.33. The molecule has 1 heterocycles. The molecule has 1 aliphatic carbocycles. The zero-order valence-corrected chi connectivity index (χ0v) is 22.5. The highest BCUT2D eigenvalue weighted by Crippen LogP contribution is 2.47. The molecule has 3 aromatic carbocycles. The van der Waals surface area contributed by atoms with Crippen LogP contribution in [0.1, 0.15) is 68.9 Å². The van der Waals surface area contributed by atoms with Gasteiger partial charge in [0.05, 0.1) is 17.9 Å². The van der Waals surface area contributed by atoms with E-state index in [4.69, 9.17) is 4.74 Å². The Labute approximate surface area is 220 Å². The van der Waals surface area contributed by atoms with Gasteiger partial charge in [-0.1, -0.05) is 88.4 Å². The van der Waals surface area contributed by atoms with Crippen molar-refractivity contribution in [3.05, 3.63) is 102 Å². The number of benzene rings is 3. The smallest absolute Gasteiger partial charge is 0.339 e. The molecule has 37 heavy (non-hydrogen) atoms. The number of hydrogen-bond donors (Lipinski definition) is 0. The van der Waals surface area contributed by atoms with E-state index in [1.807, 2.05) is 6.07 Å². The van der Waals surface area contributed by atoms with E-state index in [2.05, 4.69) is 99.4 Å². The van der Waals surface area contributed by atoms with Crippen LogP contribution in [0.5, 0.6) is 0 Å². The van der Waals surface area contributed by atoms with Crippen molar-refractivity contribution in [1.29, 1.82) is 0 Å². The molecule has 1 aromatic heterocycles. The predicted molar refractivity (Wildman–Crippen MR) is 152 cm³/mol. The number of esters is 1. The standard InChI is InChI=1S/C34H35NO2/c1-6-37-32(36)26-14-17-31(35-22-26)25-12-15-27(23-10-8-7-9-11-23)28(20-25)24-13-16-29-30(21-24)34(4,5)19-18-33(29,2)3/h7-17,20-22H,6,18-19H2,1-5H3. The van der Waals surface area contributed by atoms with Crippen LogP contribution < -0.4 is 0 Å². The first-order chi connectivity index (χ1) is 17.7. The number of nitrogens with zero attached hydrogens (tertiary/aromatic N) is 1. The molecule has 0 unspecified atom stereocenters. The third-order valence-electron chi connectivity index (χ3n) is 7.84. The van der Waals surface area contributed by atoms with E-state index in [0.29, 0.717) is 12.2 Å². The number of pyridine rings is 1. The Bertz CT molecular complexity index is 1430. The maximum Gasteiger partial charge on any atom is 0.339 e. The first-order valence-electron chi connectivity index (χ1n) is 13.2. The van der Waals surface area contributed by atoms with Crippen LogP contribution in [-0.4, -0.2) is 17.6 Å². The van der Waals surface area contributed by atoms with Gasteiger partial charge in [-0.05, 0) is 82.2 Å². The Kier molecular flexibility index (Phi) is 6.49. The van der Waals surface area contributed by atoms with E-state index in [1.165, 1.54) is 46.2 Å². The van der Waals surface area contributed by atoms with Gasteiger partial charge >= 0.3 is 5.97 Å². The van der Waals surface area contributed by atoms with Gasteiger partial charge in [0.1, 0.15) is 0 Å². The number of hydrogen-bond acceptors (Lipinski definition) is 3. The van der Waals surface area contributed by atoms with Crippen molar-refractivity contribution < 1.29 is 9.53 Å². The Hall–Kier alpha value is -3.72. The summed E-state index contributed by atoms with van der Waals surface area (Å²) in [7, 11) is 0. The summed E-state index contributed by atoms with van der Waals surface area (Å²) in [5, 5.41) is 0. The highest BCUT2D eigenvalue weighted by Gasteiger charge is 2.37. The molecule has 0 fully saturated rings. The number of carbonyl (C=O) groups excluding carboxylic acids is 1. The van der Waals surface area contributed by atoms with E-state index in [0.717, 1.165) is 11.3 Å². The first-order valence-corrected chi connectivity index (χ1v) is 13.2. The van der Waals surface area contributed by atoms with Gasteiger partial charge in [0.25, 0.3) is 0 Å². The lowest BCUT2D eigenvalue weighted by Gasteiger charge is -2.42. The minimum absolute atomic E-state index is 0.135. The van der Waals surface area contributed by atoms with Gasteiger partial charge in [-0.3, -0.25) is 4.98 Å². The predicted octanol–water partition coefficient (Wildman–Crippen LogP) is 8.61. The molecule has 1 aliphatic rings. The summed E-state index contributed by atoms with van der Waals surface area (Å²) in [5.41, 5.74) is 10.3. The maximum atomic E-state index is 12.1. The van der Waals surface area contributed by atoms with Crippen molar-refractivity contribution in [3.63, 3.8) is 0 Å². The van der Waals surface area contributed by atoms with Crippen molar-refractivity contribution in [2.45, 2.75) is 58.3 Å². The van der Waals surface area contributed by atoms with Crippen molar-refractivity contribution in [3.8, 4) is 33.5 Å². The molecular weight excluding hydrogens is 454 g/mol. The summed E-state index contributed by atoms with van der Waals surface area (Å²) in [4.78, 5) is 16.7. The zero-order chi connectivity index (χ0) is 26.2. The summed E-state index contributed by atoms with van der Waals surface area (Å²) < 4.78 is 5.11. The second-order valence-electron chi connectivity index (χ2n) is 11.3. The molecule has 4 aromatic rings. The first kappa shape index (κ1) is 25.0. The molecule has 0 spiro atoms. The van der Waals surface area contributed by atoms with Crippen molar-refractivity contribution in [1.82, 2.24) is 4.98 Å². The Morgan fingerprint density at radius 1 is 0.757 bits per heavy atom. The summed E-state index contributed by atoms with van der Waals surface area (Å²) in [5.74, 6) is -0.346. The molecule has 0 atom stereocenters. The number of carbonyl (C=O) groups is 1. The molecule has 0 N–H and O–H groups in total. The third kappa shape index (κ3) is 4.83. The minimum Gasteiger partial charge on any atom is -0.462 e. The summed E-state index contributed by atoms with van der Waals surface area (Å²) in [6.07, 6.45) is 3.98. The van der Waals surface area contributed by atoms with Gasteiger partial charge < -0.3 is 4.74 Å².